The number of anilines is 1. The molecule has 1 aliphatic heterocycles. The van der Waals surface area contributed by atoms with Gasteiger partial charge in [-0.25, -0.2) is 0 Å². The van der Waals surface area contributed by atoms with Gasteiger partial charge in [-0.1, -0.05) is 54.6 Å². The Kier molecular flexibility index (Phi) is 5.03. The highest BCUT2D eigenvalue weighted by Crippen LogP contribution is 2.65. The molecule has 3 fully saturated rings. The van der Waals surface area contributed by atoms with Gasteiger partial charge in [0.25, 0.3) is 0 Å². The van der Waals surface area contributed by atoms with E-state index in [0.29, 0.717) is 29.0 Å². The Balaban J connectivity index is 0.966. The first kappa shape index (κ1) is 22.0. The monoisotopic (exact) mass is 490 g/mol. The number of carbonyl (C=O) groups excluding carboxylic acids is 3. The van der Waals surface area contributed by atoms with Gasteiger partial charge >= 0.3 is 0 Å². The summed E-state index contributed by atoms with van der Waals surface area (Å²) in [5.41, 5.74) is 2.84. The van der Waals surface area contributed by atoms with Crippen LogP contribution in [0.15, 0.2) is 91.0 Å². The number of likely N-dealkylation sites (tertiary alicyclic amines) is 1. The van der Waals surface area contributed by atoms with Crippen molar-refractivity contribution in [2.45, 2.75) is 6.42 Å². The quantitative estimate of drug-likeness (QED) is 0.384. The molecule has 1 N–H and O–H groups in total. The SMILES string of the molecule is O=C(CN1C(=O)[C@@H]2[C@H]3C=C[C@H]([C@H]4C[C@H]34)[C@@H]2C1=O)Nc1ccc(Oc2ccc(-c3ccccc3)cc2)cc1. The largest absolute Gasteiger partial charge is 0.457 e. The summed E-state index contributed by atoms with van der Waals surface area (Å²) in [6.45, 7) is -0.245. The number of imide groups is 1. The molecule has 3 amide bonds. The van der Waals surface area contributed by atoms with Gasteiger partial charge in [-0.05, 0) is 77.6 Å². The summed E-state index contributed by atoms with van der Waals surface area (Å²) in [5.74, 6) is 1.46. The first-order valence-electron chi connectivity index (χ1n) is 12.8. The third-order valence-electron chi connectivity index (χ3n) is 8.39. The molecule has 1 saturated heterocycles. The fourth-order valence-electron chi connectivity index (χ4n) is 6.61. The normalized spacial score (nSPS) is 28.6. The lowest BCUT2D eigenvalue weighted by Crippen LogP contribution is -2.40. The van der Waals surface area contributed by atoms with E-state index in [4.69, 9.17) is 4.74 Å². The fourth-order valence-corrected chi connectivity index (χ4v) is 6.61. The number of amides is 3. The lowest BCUT2D eigenvalue weighted by molar-refractivity contribution is -0.142. The highest BCUT2D eigenvalue weighted by atomic mass is 16.5. The zero-order valence-corrected chi connectivity index (χ0v) is 20.1. The number of nitrogens with zero attached hydrogens (tertiary/aromatic N) is 1. The molecule has 6 heteroatoms. The molecule has 0 unspecified atom stereocenters. The van der Waals surface area contributed by atoms with Crippen LogP contribution in [0.4, 0.5) is 5.69 Å². The van der Waals surface area contributed by atoms with Gasteiger partial charge in [-0.15, -0.1) is 0 Å². The lowest BCUT2D eigenvalue weighted by atomic mass is 9.63. The summed E-state index contributed by atoms with van der Waals surface area (Å²) in [7, 11) is 0. The average Bonchev–Trinajstić information content (AvgIpc) is 3.72. The average molecular weight is 491 g/mol. The van der Waals surface area contributed by atoms with E-state index < -0.39 is 0 Å². The van der Waals surface area contributed by atoms with Gasteiger partial charge < -0.3 is 10.1 Å². The summed E-state index contributed by atoms with van der Waals surface area (Å²) >= 11 is 0. The van der Waals surface area contributed by atoms with Crippen molar-refractivity contribution < 1.29 is 19.1 Å². The van der Waals surface area contributed by atoms with Crippen molar-refractivity contribution in [2.75, 3.05) is 11.9 Å². The second-order valence-electron chi connectivity index (χ2n) is 10.5. The molecule has 184 valence electrons. The molecule has 2 bridgehead atoms. The van der Waals surface area contributed by atoms with E-state index >= 15 is 0 Å². The summed E-state index contributed by atoms with van der Waals surface area (Å²) in [5, 5.41) is 2.81. The Morgan fingerprint density at radius 1 is 0.757 bits per heavy atom. The predicted molar refractivity (Wildman–Crippen MR) is 138 cm³/mol. The Labute approximate surface area is 214 Å². The van der Waals surface area contributed by atoms with Gasteiger partial charge in [-0.2, -0.15) is 0 Å². The zero-order chi connectivity index (χ0) is 25.1. The minimum Gasteiger partial charge on any atom is -0.457 e. The van der Waals surface area contributed by atoms with E-state index in [1.165, 1.54) is 4.90 Å². The first-order valence-corrected chi connectivity index (χ1v) is 12.8. The molecule has 5 aliphatic rings. The maximum absolute atomic E-state index is 13.1. The summed E-state index contributed by atoms with van der Waals surface area (Å²) in [6.07, 6.45) is 5.39. The number of nitrogens with one attached hydrogen (secondary N) is 1. The third kappa shape index (κ3) is 3.75. The van der Waals surface area contributed by atoms with Crippen molar-refractivity contribution in [3.63, 3.8) is 0 Å². The van der Waals surface area contributed by atoms with E-state index in [1.54, 1.807) is 24.3 Å². The molecular formula is C31H26N2O4. The van der Waals surface area contributed by atoms with E-state index in [2.05, 4.69) is 29.6 Å². The van der Waals surface area contributed by atoms with Crippen LogP contribution in [0.5, 0.6) is 11.5 Å². The smallest absolute Gasteiger partial charge is 0.244 e. The Bertz CT molecular complexity index is 1380. The van der Waals surface area contributed by atoms with Crippen molar-refractivity contribution in [2.24, 2.45) is 35.5 Å². The van der Waals surface area contributed by atoms with Crippen LogP contribution in [0.1, 0.15) is 6.42 Å². The van der Waals surface area contributed by atoms with Crippen LogP contribution >= 0.6 is 0 Å². The third-order valence-corrected chi connectivity index (χ3v) is 8.39. The van der Waals surface area contributed by atoms with Gasteiger partial charge in [0, 0.05) is 5.69 Å². The topological polar surface area (TPSA) is 75.7 Å². The molecule has 0 spiro atoms. The summed E-state index contributed by atoms with van der Waals surface area (Å²) in [4.78, 5) is 40.1. The summed E-state index contributed by atoms with van der Waals surface area (Å²) in [6, 6.07) is 25.1. The molecular weight excluding hydrogens is 464 g/mol. The first-order chi connectivity index (χ1) is 18.1. The maximum Gasteiger partial charge on any atom is 0.244 e. The van der Waals surface area contributed by atoms with Crippen LogP contribution in [0, 0.1) is 35.5 Å². The number of benzene rings is 3. The zero-order valence-electron chi connectivity index (χ0n) is 20.1. The van der Waals surface area contributed by atoms with E-state index in [9.17, 15) is 14.4 Å². The molecule has 1 heterocycles. The van der Waals surface area contributed by atoms with Crippen LogP contribution in [-0.4, -0.2) is 29.2 Å². The lowest BCUT2D eigenvalue weighted by Gasteiger charge is -2.37. The van der Waals surface area contributed by atoms with Gasteiger partial charge in [0.05, 0.1) is 11.8 Å². The standard InChI is InChI=1S/C31H26N2O4/c34-27(17-33-30(35)28-23-14-15-24(26-16-25(23)26)29(28)31(33)36)32-20-8-12-22(13-9-20)37-21-10-6-19(7-11-21)18-4-2-1-3-5-18/h1-15,23-26,28-29H,16-17H2,(H,32,34)/t23-,24+,25-,26-,28+,29-/m1/s1. The van der Waals surface area contributed by atoms with Crippen LogP contribution < -0.4 is 10.1 Å². The van der Waals surface area contributed by atoms with Gasteiger partial charge in [0.1, 0.15) is 18.0 Å². The Morgan fingerprint density at radius 3 is 1.89 bits per heavy atom. The fraction of sp³-hybridized carbons (Fsp3) is 0.258. The van der Waals surface area contributed by atoms with Crippen molar-refractivity contribution in [3.05, 3.63) is 91.0 Å². The van der Waals surface area contributed by atoms with Crippen molar-refractivity contribution in [3.8, 4) is 22.6 Å². The molecule has 0 aromatic heterocycles. The van der Waals surface area contributed by atoms with Crippen LogP contribution in [0.3, 0.4) is 0 Å². The van der Waals surface area contributed by atoms with Crippen LogP contribution in [0.2, 0.25) is 0 Å². The molecule has 8 rings (SSSR count). The number of allylic oxidation sites excluding steroid dienone is 2. The van der Waals surface area contributed by atoms with Crippen LogP contribution in [-0.2, 0) is 14.4 Å². The molecule has 6 nitrogen and oxygen atoms in total. The van der Waals surface area contributed by atoms with Crippen molar-refractivity contribution in [1.82, 2.24) is 4.90 Å². The van der Waals surface area contributed by atoms with Crippen LogP contribution in [0.25, 0.3) is 11.1 Å². The number of hydrogen-bond acceptors (Lipinski definition) is 4. The van der Waals surface area contributed by atoms with Gasteiger partial charge in [0.2, 0.25) is 17.7 Å². The molecule has 6 atom stereocenters. The second kappa shape index (κ2) is 8.44. The molecule has 2 saturated carbocycles. The van der Waals surface area contributed by atoms with Crippen molar-refractivity contribution in [1.29, 1.82) is 0 Å². The molecule has 37 heavy (non-hydrogen) atoms. The minimum absolute atomic E-state index is 0.159. The second-order valence-corrected chi connectivity index (χ2v) is 10.5. The van der Waals surface area contributed by atoms with Crippen molar-refractivity contribution >= 4 is 23.4 Å². The molecule has 0 radical (unpaired) electrons. The Morgan fingerprint density at radius 2 is 1.30 bits per heavy atom. The summed E-state index contributed by atoms with van der Waals surface area (Å²) < 4.78 is 5.94. The number of carbonyl (C=O) groups is 3. The highest BCUT2D eigenvalue weighted by molar-refractivity contribution is 6.09. The maximum atomic E-state index is 13.1. The Hall–Kier alpha value is -4.19. The molecule has 3 aromatic carbocycles. The number of rotatable bonds is 6. The predicted octanol–water partition coefficient (Wildman–Crippen LogP) is 5.14. The highest BCUT2D eigenvalue weighted by Gasteiger charge is 2.67. The molecule has 4 aliphatic carbocycles. The van der Waals surface area contributed by atoms with E-state index in [0.717, 1.165) is 17.5 Å². The van der Waals surface area contributed by atoms with E-state index in [-0.39, 0.29) is 47.9 Å². The minimum atomic E-state index is -0.379. The number of ether oxygens (including phenoxy) is 1. The number of hydrogen-bond donors (Lipinski definition) is 1. The molecule has 3 aromatic rings. The van der Waals surface area contributed by atoms with Gasteiger partial charge in [0.15, 0.2) is 0 Å². The van der Waals surface area contributed by atoms with E-state index in [1.807, 2.05) is 42.5 Å². The van der Waals surface area contributed by atoms with Gasteiger partial charge in [-0.3, -0.25) is 19.3 Å².